The van der Waals surface area contributed by atoms with Gasteiger partial charge in [-0.2, -0.15) is 0 Å². The maximum Gasteiger partial charge on any atom is 0.255 e. The molecular weight excluding hydrogens is 384 g/mol. The van der Waals surface area contributed by atoms with Crippen molar-refractivity contribution >= 4 is 17.5 Å². The number of anilines is 1. The lowest BCUT2D eigenvalue weighted by molar-refractivity contribution is 0.0943. The molecular formula is C23H30N2O5. The maximum atomic E-state index is 12.6. The molecule has 0 unspecified atom stereocenters. The molecule has 7 nitrogen and oxygen atoms in total. The third kappa shape index (κ3) is 7.08. The van der Waals surface area contributed by atoms with Gasteiger partial charge >= 0.3 is 0 Å². The molecule has 2 rings (SSSR count). The van der Waals surface area contributed by atoms with Gasteiger partial charge in [0.2, 0.25) is 0 Å². The first kappa shape index (κ1) is 23.2. The number of ether oxygens (including phenoxy) is 3. The van der Waals surface area contributed by atoms with Gasteiger partial charge in [0.1, 0.15) is 0 Å². The van der Waals surface area contributed by atoms with E-state index in [0.29, 0.717) is 48.1 Å². The normalized spacial score (nSPS) is 10.6. The van der Waals surface area contributed by atoms with Gasteiger partial charge in [-0.3, -0.25) is 9.59 Å². The van der Waals surface area contributed by atoms with Gasteiger partial charge in [0, 0.05) is 36.6 Å². The number of nitrogens with one attached hydrogen (secondary N) is 2. The lowest BCUT2D eigenvalue weighted by atomic mass is 10.1. The molecule has 0 saturated heterocycles. The van der Waals surface area contributed by atoms with E-state index in [4.69, 9.17) is 14.2 Å². The van der Waals surface area contributed by atoms with Crippen molar-refractivity contribution in [3.63, 3.8) is 0 Å². The zero-order valence-electron chi connectivity index (χ0n) is 18.0. The van der Waals surface area contributed by atoms with Crippen molar-refractivity contribution < 1.29 is 23.8 Å². The summed E-state index contributed by atoms with van der Waals surface area (Å²) < 4.78 is 16.3. The number of rotatable bonds is 11. The van der Waals surface area contributed by atoms with Gasteiger partial charge in [-0.05, 0) is 63.6 Å². The summed E-state index contributed by atoms with van der Waals surface area (Å²) in [4.78, 5) is 24.9. The molecule has 0 bridgehead atoms. The number of methoxy groups -OCH3 is 1. The minimum atomic E-state index is -0.307. The highest BCUT2D eigenvalue weighted by Gasteiger charge is 2.13. The molecule has 0 atom stereocenters. The van der Waals surface area contributed by atoms with Crippen molar-refractivity contribution in [2.45, 2.75) is 33.3 Å². The number of benzene rings is 2. The lowest BCUT2D eigenvalue weighted by Gasteiger charge is -2.14. The summed E-state index contributed by atoms with van der Waals surface area (Å²) in [6, 6.07) is 11.8. The fourth-order valence-electron chi connectivity index (χ4n) is 2.72. The lowest BCUT2D eigenvalue weighted by Crippen LogP contribution is -2.25. The summed E-state index contributed by atoms with van der Waals surface area (Å²) in [7, 11) is 1.53. The van der Waals surface area contributed by atoms with Crippen LogP contribution in [-0.2, 0) is 4.74 Å². The second-order valence-electron chi connectivity index (χ2n) is 6.87. The number of amides is 2. The Kier molecular flexibility index (Phi) is 9.15. The average Bonchev–Trinajstić information content (AvgIpc) is 2.73. The standard InChI is InChI=1S/C23H30N2O5/c1-5-29-13-7-12-24-22(26)17-8-6-9-19(14-17)25-23(27)18-10-11-20(30-16(2)3)21(15-18)28-4/h6,8-11,14-16H,5,7,12-13H2,1-4H3,(H,24,26)(H,25,27). The highest BCUT2D eigenvalue weighted by Crippen LogP contribution is 2.29. The van der Waals surface area contributed by atoms with Gasteiger partial charge in [-0.15, -0.1) is 0 Å². The van der Waals surface area contributed by atoms with Crippen LogP contribution in [-0.4, -0.2) is 44.8 Å². The Morgan fingerprint density at radius 1 is 1.00 bits per heavy atom. The van der Waals surface area contributed by atoms with E-state index in [1.54, 1.807) is 42.5 Å². The van der Waals surface area contributed by atoms with Crippen LogP contribution in [0.1, 0.15) is 47.9 Å². The van der Waals surface area contributed by atoms with E-state index in [9.17, 15) is 9.59 Å². The monoisotopic (exact) mass is 414 g/mol. The van der Waals surface area contributed by atoms with Crippen molar-refractivity contribution in [2.75, 3.05) is 32.2 Å². The van der Waals surface area contributed by atoms with Crippen molar-refractivity contribution in [1.82, 2.24) is 5.32 Å². The fourth-order valence-corrected chi connectivity index (χ4v) is 2.72. The minimum absolute atomic E-state index is 0.00775. The summed E-state index contributed by atoms with van der Waals surface area (Å²) in [6.07, 6.45) is 0.737. The van der Waals surface area contributed by atoms with Gasteiger partial charge in [-0.1, -0.05) is 6.07 Å². The molecule has 0 aliphatic heterocycles. The third-order valence-corrected chi connectivity index (χ3v) is 4.13. The predicted octanol–water partition coefficient (Wildman–Crippen LogP) is 3.89. The van der Waals surface area contributed by atoms with Crippen LogP contribution in [0.4, 0.5) is 5.69 Å². The average molecular weight is 415 g/mol. The fraction of sp³-hybridized carbons (Fsp3) is 0.391. The van der Waals surface area contributed by atoms with Crippen LogP contribution in [0.2, 0.25) is 0 Å². The smallest absolute Gasteiger partial charge is 0.255 e. The van der Waals surface area contributed by atoms with Crippen LogP contribution in [0.5, 0.6) is 11.5 Å². The van der Waals surface area contributed by atoms with Gasteiger partial charge in [0.25, 0.3) is 11.8 Å². The second kappa shape index (κ2) is 11.8. The SMILES string of the molecule is CCOCCCNC(=O)c1cccc(NC(=O)c2ccc(OC(C)C)c(OC)c2)c1. The minimum Gasteiger partial charge on any atom is -0.493 e. The molecule has 2 aromatic carbocycles. The van der Waals surface area contributed by atoms with Crippen LogP contribution < -0.4 is 20.1 Å². The summed E-state index contributed by atoms with van der Waals surface area (Å²) >= 11 is 0. The van der Waals surface area contributed by atoms with Gasteiger partial charge in [-0.25, -0.2) is 0 Å². The Morgan fingerprint density at radius 2 is 1.77 bits per heavy atom. The third-order valence-electron chi connectivity index (χ3n) is 4.13. The Morgan fingerprint density at radius 3 is 2.47 bits per heavy atom. The number of hydrogen-bond donors (Lipinski definition) is 2. The van der Waals surface area contributed by atoms with E-state index in [2.05, 4.69) is 10.6 Å². The molecule has 30 heavy (non-hydrogen) atoms. The van der Waals surface area contributed by atoms with Crippen LogP contribution in [0.25, 0.3) is 0 Å². The number of carbonyl (C=O) groups is 2. The molecule has 7 heteroatoms. The molecule has 2 aromatic rings. The Labute approximate surface area is 177 Å². The molecule has 0 heterocycles. The summed E-state index contributed by atoms with van der Waals surface area (Å²) in [5.41, 5.74) is 1.43. The van der Waals surface area contributed by atoms with E-state index < -0.39 is 0 Å². The van der Waals surface area contributed by atoms with Crippen LogP contribution in [0.15, 0.2) is 42.5 Å². The zero-order valence-corrected chi connectivity index (χ0v) is 18.0. The molecule has 162 valence electrons. The highest BCUT2D eigenvalue weighted by molar-refractivity contribution is 6.05. The first-order valence-electron chi connectivity index (χ1n) is 10.1. The van der Waals surface area contributed by atoms with E-state index >= 15 is 0 Å². The zero-order chi connectivity index (χ0) is 21.9. The van der Waals surface area contributed by atoms with Crippen molar-refractivity contribution in [3.8, 4) is 11.5 Å². The summed E-state index contributed by atoms with van der Waals surface area (Å²) in [6.45, 7) is 7.57. The second-order valence-corrected chi connectivity index (χ2v) is 6.87. The summed E-state index contributed by atoms with van der Waals surface area (Å²) in [5, 5.41) is 5.66. The molecule has 0 aliphatic rings. The molecule has 0 aliphatic carbocycles. The van der Waals surface area contributed by atoms with Crippen LogP contribution in [0, 0.1) is 0 Å². The number of carbonyl (C=O) groups excluding carboxylic acids is 2. The number of hydrogen-bond acceptors (Lipinski definition) is 5. The Hall–Kier alpha value is -3.06. The van der Waals surface area contributed by atoms with E-state index in [-0.39, 0.29) is 17.9 Å². The van der Waals surface area contributed by atoms with E-state index in [1.165, 1.54) is 7.11 Å². The molecule has 0 radical (unpaired) electrons. The van der Waals surface area contributed by atoms with Crippen molar-refractivity contribution in [2.24, 2.45) is 0 Å². The van der Waals surface area contributed by atoms with Crippen LogP contribution in [0.3, 0.4) is 0 Å². The first-order valence-corrected chi connectivity index (χ1v) is 10.1. The van der Waals surface area contributed by atoms with Crippen molar-refractivity contribution in [3.05, 3.63) is 53.6 Å². The molecule has 0 aromatic heterocycles. The molecule has 0 fully saturated rings. The maximum absolute atomic E-state index is 12.6. The molecule has 0 saturated carbocycles. The van der Waals surface area contributed by atoms with Gasteiger partial charge < -0.3 is 24.8 Å². The van der Waals surface area contributed by atoms with Gasteiger partial charge in [0.15, 0.2) is 11.5 Å². The topological polar surface area (TPSA) is 85.9 Å². The largest absolute Gasteiger partial charge is 0.493 e. The van der Waals surface area contributed by atoms with Crippen molar-refractivity contribution in [1.29, 1.82) is 0 Å². The predicted molar refractivity (Wildman–Crippen MR) is 117 cm³/mol. The quantitative estimate of drug-likeness (QED) is 0.545. The Balaban J connectivity index is 2.01. The molecule has 2 N–H and O–H groups in total. The molecule has 0 spiro atoms. The highest BCUT2D eigenvalue weighted by atomic mass is 16.5. The molecule has 2 amide bonds. The van der Waals surface area contributed by atoms with Gasteiger partial charge in [0.05, 0.1) is 13.2 Å². The van der Waals surface area contributed by atoms with E-state index in [0.717, 1.165) is 6.42 Å². The Bertz CT molecular complexity index is 851. The summed E-state index contributed by atoms with van der Waals surface area (Å²) in [5.74, 6) is 0.557. The first-order chi connectivity index (χ1) is 14.4. The van der Waals surface area contributed by atoms with E-state index in [1.807, 2.05) is 20.8 Å². The van der Waals surface area contributed by atoms with Crippen LogP contribution >= 0.6 is 0 Å².